The van der Waals surface area contributed by atoms with E-state index in [4.69, 9.17) is 24.6 Å². The summed E-state index contributed by atoms with van der Waals surface area (Å²) in [4.78, 5) is 34.9. The molecule has 13 nitrogen and oxygen atoms in total. The molecule has 0 radical (unpaired) electrons. The number of pyridine rings is 2. The molecular formula is C30H43N5O8S2. The van der Waals surface area contributed by atoms with E-state index in [9.17, 15) is 19.8 Å². The highest BCUT2D eigenvalue weighted by atomic mass is 32.2. The highest BCUT2D eigenvalue weighted by Gasteiger charge is 2.12. The molecule has 0 aliphatic heterocycles. The Morgan fingerprint density at radius 1 is 0.733 bits per heavy atom. The Kier molecular flexibility index (Phi) is 20.8. The summed E-state index contributed by atoms with van der Waals surface area (Å²) in [6.45, 7) is 5.80. The van der Waals surface area contributed by atoms with Crippen molar-refractivity contribution in [2.24, 2.45) is 0 Å². The van der Waals surface area contributed by atoms with Gasteiger partial charge < -0.3 is 29.5 Å². The first kappa shape index (κ1) is 38.4. The predicted octanol–water partition coefficient (Wildman–Crippen LogP) is 2.56. The quantitative estimate of drug-likeness (QED) is 0.0936. The molecule has 0 saturated carbocycles. The highest BCUT2D eigenvalue weighted by molar-refractivity contribution is 8.05. The number of aromatic carboxylic acids is 2. The second kappa shape index (κ2) is 24.4. The Labute approximate surface area is 272 Å². The lowest BCUT2D eigenvalue weighted by atomic mass is 10.3. The number of carboxylic acids is 2. The van der Waals surface area contributed by atoms with E-state index in [-0.39, 0.29) is 18.0 Å². The summed E-state index contributed by atoms with van der Waals surface area (Å²) < 4.78 is 17.3. The fraction of sp³-hybridized carbons (Fsp3) is 0.567. The standard InChI is InChI=1S/C30H43N5O8S2/c31-24-45-21-20-44-19-3-13-41-14-10-35(23-26-5-2-7-28(33-26)30(39)40)11-16-43-18-17-42-15-9-34(8-12-36)22-25-4-1-6-27(32-25)29(37)38/h1-2,4-7,36H,3,8-23H2,(H,37,38)(H,39,40). The van der Waals surface area contributed by atoms with Crippen molar-refractivity contribution in [2.45, 2.75) is 19.5 Å². The zero-order valence-corrected chi connectivity index (χ0v) is 27.1. The Morgan fingerprint density at radius 2 is 1.24 bits per heavy atom. The Morgan fingerprint density at radius 3 is 1.73 bits per heavy atom. The fourth-order valence-corrected chi connectivity index (χ4v) is 5.45. The van der Waals surface area contributed by atoms with Crippen LogP contribution in [0.3, 0.4) is 0 Å². The normalized spacial score (nSPS) is 11.2. The predicted molar refractivity (Wildman–Crippen MR) is 173 cm³/mol. The number of aliphatic hydroxyl groups is 1. The van der Waals surface area contributed by atoms with Crippen LogP contribution >= 0.6 is 23.5 Å². The maximum atomic E-state index is 11.3. The third-order valence-corrected chi connectivity index (χ3v) is 8.10. The van der Waals surface area contributed by atoms with Gasteiger partial charge in [-0.2, -0.15) is 17.0 Å². The van der Waals surface area contributed by atoms with Crippen LogP contribution in [0.1, 0.15) is 38.8 Å². The number of aromatic nitrogens is 2. The van der Waals surface area contributed by atoms with Crippen molar-refractivity contribution in [3.8, 4) is 5.40 Å². The zero-order chi connectivity index (χ0) is 32.5. The number of ether oxygens (including phenoxy) is 3. The zero-order valence-electron chi connectivity index (χ0n) is 25.4. The molecule has 2 rings (SSSR count). The first-order chi connectivity index (χ1) is 21.9. The van der Waals surface area contributed by atoms with Gasteiger partial charge in [0.15, 0.2) is 0 Å². The van der Waals surface area contributed by atoms with Gasteiger partial charge in [0.1, 0.15) is 16.8 Å². The molecule has 0 aromatic carbocycles. The van der Waals surface area contributed by atoms with Crippen LogP contribution in [0.2, 0.25) is 0 Å². The largest absolute Gasteiger partial charge is 0.477 e. The number of thiocyanates is 1. The molecule has 0 saturated heterocycles. The van der Waals surface area contributed by atoms with Crippen LogP contribution in [0.15, 0.2) is 36.4 Å². The molecule has 3 N–H and O–H groups in total. The van der Waals surface area contributed by atoms with E-state index in [1.807, 2.05) is 16.7 Å². The molecule has 0 bridgehead atoms. The number of carboxylic acid groups (broad SMARTS) is 2. The van der Waals surface area contributed by atoms with Crippen molar-refractivity contribution in [3.05, 3.63) is 59.2 Å². The smallest absolute Gasteiger partial charge is 0.354 e. The van der Waals surface area contributed by atoms with Crippen LogP contribution in [-0.2, 0) is 27.3 Å². The second-order valence-corrected chi connectivity index (χ2v) is 11.8. The molecule has 0 atom stereocenters. The van der Waals surface area contributed by atoms with Crippen LogP contribution in [0.4, 0.5) is 0 Å². The van der Waals surface area contributed by atoms with Crippen molar-refractivity contribution in [2.75, 3.05) is 89.7 Å². The lowest BCUT2D eigenvalue weighted by Gasteiger charge is -2.22. The van der Waals surface area contributed by atoms with Crippen LogP contribution in [-0.4, -0.2) is 137 Å². The number of nitrogens with zero attached hydrogens (tertiary/aromatic N) is 5. The van der Waals surface area contributed by atoms with Gasteiger partial charge in [-0.3, -0.25) is 9.80 Å². The maximum absolute atomic E-state index is 11.3. The molecule has 0 amide bonds. The lowest BCUT2D eigenvalue weighted by Crippen LogP contribution is -2.32. The number of thioether (sulfide) groups is 2. The van der Waals surface area contributed by atoms with E-state index in [0.717, 1.165) is 23.7 Å². The number of aliphatic hydroxyl groups excluding tert-OH is 1. The number of hydrogen-bond acceptors (Lipinski definition) is 13. The molecule has 0 spiro atoms. The SMILES string of the molecule is N#CSCCSCCCOCCN(CCOCCOCCN(CCO)Cc1cccc(C(=O)O)n1)Cc1cccc(C(=O)O)n1. The van der Waals surface area contributed by atoms with E-state index >= 15 is 0 Å². The van der Waals surface area contributed by atoms with E-state index < -0.39 is 11.9 Å². The number of hydrogen-bond donors (Lipinski definition) is 3. The molecule has 2 aromatic heterocycles. The minimum atomic E-state index is -1.08. The van der Waals surface area contributed by atoms with Crippen molar-refractivity contribution in [1.29, 1.82) is 5.26 Å². The van der Waals surface area contributed by atoms with Gasteiger partial charge >= 0.3 is 11.9 Å². The van der Waals surface area contributed by atoms with Gasteiger partial charge in [-0.15, -0.1) is 0 Å². The molecule has 248 valence electrons. The Bertz CT molecular complexity index is 1170. The van der Waals surface area contributed by atoms with Gasteiger partial charge in [0, 0.05) is 57.4 Å². The molecule has 15 heteroatoms. The Hall–Kier alpha value is -2.81. The summed E-state index contributed by atoms with van der Waals surface area (Å²) in [5.74, 6) is 0.609. The monoisotopic (exact) mass is 665 g/mol. The second-order valence-electron chi connectivity index (χ2n) is 9.66. The van der Waals surface area contributed by atoms with Gasteiger partial charge in [-0.05, 0) is 48.2 Å². The molecule has 45 heavy (non-hydrogen) atoms. The van der Waals surface area contributed by atoms with E-state index in [1.54, 1.807) is 24.3 Å². The summed E-state index contributed by atoms with van der Waals surface area (Å²) in [5, 5.41) is 38.5. The molecule has 0 aliphatic rings. The average Bonchev–Trinajstić information content (AvgIpc) is 3.03. The lowest BCUT2D eigenvalue weighted by molar-refractivity contribution is 0.0244. The van der Waals surface area contributed by atoms with Crippen LogP contribution in [0.25, 0.3) is 0 Å². The third-order valence-electron chi connectivity index (χ3n) is 6.24. The topological polar surface area (TPSA) is 179 Å². The summed E-state index contributed by atoms with van der Waals surface area (Å²) in [6, 6.07) is 9.80. The molecule has 2 aromatic rings. The minimum absolute atomic E-state index is 0.00497. The highest BCUT2D eigenvalue weighted by Crippen LogP contribution is 2.08. The molecule has 0 aliphatic carbocycles. The number of nitriles is 1. The van der Waals surface area contributed by atoms with Crippen molar-refractivity contribution >= 4 is 35.5 Å². The molecule has 0 unspecified atom stereocenters. The average molecular weight is 666 g/mol. The van der Waals surface area contributed by atoms with Crippen LogP contribution in [0.5, 0.6) is 0 Å². The first-order valence-electron chi connectivity index (χ1n) is 14.7. The van der Waals surface area contributed by atoms with Crippen LogP contribution in [0, 0.1) is 10.7 Å². The minimum Gasteiger partial charge on any atom is -0.477 e. The molecule has 2 heterocycles. The van der Waals surface area contributed by atoms with Gasteiger partial charge in [-0.25, -0.2) is 19.6 Å². The van der Waals surface area contributed by atoms with Gasteiger partial charge in [0.05, 0.1) is 51.0 Å². The van der Waals surface area contributed by atoms with Crippen molar-refractivity contribution < 1.29 is 39.1 Å². The molecular weight excluding hydrogens is 622 g/mol. The van der Waals surface area contributed by atoms with Gasteiger partial charge in [0.25, 0.3) is 0 Å². The van der Waals surface area contributed by atoms with E-state index in [0.29, 0.717) is 90.3 Å². The van der Waals surface area contributed by atoms with Crippen LogP contribution < -0.4 is 0 Å². The first-order valence-corrected chi connectivity index (χ1v) is 16.8. The van der Waals surface area contributed by atoms with Crippen molar-refractivity contribution in [1.82, 2.24) is 19.8 Å². The van der Waals surface area contributed by atoms with E-state index in [2.05, 4.69) is 20.3 Å². The van der Waals surface area contributed by atoms with Gasteiger partial charge in [-0.1, -0.05) is 12.1 Å². The molecule has 0 fully saturated rings. The summed E-state index contributed by atoms with van der Waals surface area (Å²) >= 11 is 3.08. The summed E-state index contributed by atoms with van der Waals surface area (Å²) in [7, 11) is 0. The number of rotatable bonds is 27. The summed E-state index contributed by atoms with van der Waals surface area (Å²) in [6.07, 6.45) is 0.930. The van der Waals surface area contributed by atoms with E-state index in [1.165, 1.54) is 23.9 Å². The summed E-state index contributed by atoms with van der Waals surface area (Å²) in [5.41, 5.74) is 1.25. The maximum Gasteiger partial charge on any atom is 0.354 e. The Balaban J connectivity index is 1.69. The number of carbonyl (C=O) groups is 2. The fourth-order valence-electron chi connectivity index (χ4n) is 4.03. The third kappa shape index (κ3) is 18.1. The van der Waals surface area contributed by atoms with Crippen molar-refractivity contribution in [3.63, 3.8) is 0 Å². The van der Waals surface area contributed by atoms with Gasteiger partial charge in [0.2, 0.25) is 0 Å².